The smallest absolute Gasteiger partial charge is 0.236 e. The standard InChI is InChI=1S/C13H28N2O2/c1-6-15(7-2)12(17)10-14-11(8-9-16)13(3,4)5/h11,14,16H,6-10H2,1-5H3. The van der Waals surface area contributed by atoms with Gasteiger partial charge in [-0.2, -0.15) is 0 Å². The molecule has 0 spiro atoms. The number of nitrogens with zero attached hydrogens (tertiary/aromatic N) is 1. The summed E-state index contributed by atoms with van der Waals surface area (Å²) in [5.41, 5.74) is 0.0479. The number of aliphatic hydroxyl groups excluding tert-OH is 1. The molecule has 0 aromatic carbocycles. The summed E-state index contributed by atoms with van der Waals surface area (Å²) >= 11 is 0. The fraction of sp³-hybridized carbons (Fsp3) is 0.923. The summed E-state index contributed by atoms with van der Waals surface area (Å²) in [7, 11) is 0. The predicted molar refractivity (Wildman–Crippen MR) is 70.9 cm³/mol. The lowest BCUT2D eigenvalue weighted by Crippen LogP contribution is -2.46. The topological polar surface area (TPSA) is 52.6 Å². The van der Waals surface area contributed by atoms with Crippen molar-refractivity contribution < 1.29 is 9.90 Å². The molecule has 1 amide bonds. The van der Waals surface area contributed by atoms with Crippen LogP contribution in [0, 0.1) is 5.41 Å². The second kappa shape index (κ2) is 7.67. The van der Waals surface area contributed by atoms with E-state index in [1.165, 1.54) is 0 Å². The molecule has 0 aliphatic rings. The molecule has 0 bridgehead atoms. The number of likely N-dealkylation sites (N-methyl/N-ethyl adjacent to an activating group) is 1. The fourth-order valence-corrected chi connectivity index (χ4v) is 1.87. The molecule has 0 aromatic rings. The van der Waals surface area contributed by atoms with Crippen molar-refractivity contribution in [2.45, 2.75) is 47.1 Å². The third-order valence-corrected chi connectivity index (χ3v) is 3.08. The summed E-state index contributed by atoms with van der Waals surface area (Å²) in [5, 5.41) is 12.3. The van der Waals surface area contributed by atoms with Gasteiger partial charge in [-0.25, -0.2) is 0 Å². The zero-order chi connectivity index (χ0) is 13.5. The molecular weight excluding hydrogens is 216 g/mol. The van der Waals surface area contributed by atoms with E-state index in [4.69, 9.17) is 5.11 Å². The summed E-state index contributed by atoms with van der Waals surface area (Å²) in [6.45, 7) is 12.3. The number of nitrogens with one attached hydrogen (secondary N) is 1. The molecule has 0 heterocycles. The van der Waals surface area contributed by atoms with Gasteiger partial charge in [-0.1, -0.05) is 20.8 Å². The van der Waals surface area contributed by atoms with Crippen LogP contribution in [0.3, 0.4) is 0 Å². The van der Waals surface area contributed by atoms with Gasteiger partial charge in [0, 0.05) is 25.7 Å². The van der Waals surface area contributed by atoms with Crippen molar-refractivity contribution >= 4 is 5.91 Å². The Kier molecular flexibility index (Phi) is 7.39. The highest BCUT2D eigenvalue weighted by atomic mass is 16.3. The Morgan fingerprint density at radius 3 is 2.18 bits per heavy atom. The highest BCUT2D eigenvalue weighted by Crippen LogP contribution is 2.21. The van der Waals surface area contributed by atoms with Crippen LogP contribution >= 0.6 is 0 Å². The molecule has 102 valence electrons. The molecule has 2 N–H and O–H groups in total. The highest BCUT2D eigenvalue weighted by molar-refractivity contribution is 5.78. The van der Waals surface area contributed by atoms with E-state index in [1.807, 2.05) is 18.7 Å². The summed E-state index contributed by atoms with van der Waals surface area (Å²) < 4.78 is 0. The molecule has 0 fully saturated rings. The van der Waals surface area contributed by atoms with Gasteiger partial charge in [0.15, 0.2) is 0 Å². The molecule has 0 radical (unpaired) electrons. The molecular formula is C13H28N2O2. The molecule has 4 heteroatoms. The van der Waals surface area contributed by atoms with Crippen LogP contribution in [0.25, 0.3) is 0 Å². The van der Waals surface area contributed by atoms with Crippen LogP contribution in [0.1, 0.15) is 41.0 Å². The first-order valence-corrected chi connectivity index (χ1v) is 6.48. The zero-order valence-corrected chi connectivity index (χ0v) is 11.9. The van der Waals surface area contributed by atoms with Crippen molar-refractivity contribution in [1.82, 2.24) is 10.2 Å². The average Bonchev–Trinajstić information content (AvgIpc) is 2.24. The number of rotatable bonds is 7. The lowest BCUT2D eigenvalue weighted by Gasteiger charge is -2.32. The molecule has 1 unspecified atom stereocenters. The van der Waals surface area contributed by atoms with Gasteiger partial charge in [0.2, 0.25) is 5.91 Å². The summed E-state index contributed by atoms with van der Waals surface area (Å²) in [5.74, 6) is 0.127. The van der Waals surface area contributed by atoms with Gasteiger partial charge in [0.1, 0.15) is 0 Å². The first-order valence-electron chi connectivity index (χ1n) is 6.48. The molecule has 4 nitrogen and oxygen atoms in total. The minimum absolute atomic E-state index is 0.0479. The molecule has 1 atom stereocenters. The second-order valence-electron chi connectivity index (χ2n) is 5.38. The molecule has 0 aromatic heterocycles. The molecule has 0 rings (SSSR count). The van der Waals surface area contributed by atoms with Gasteiger partial charge < -0.3 is 15.3 Å². The van der Waals surface area contributed by atoms with E-state index >= 15 is 0 Å². The first-order chi connectivity index (χ1) is 7.86. The van der Waals surface area contributed by atoms with E-state index < -0.39 is 0 Å². The SMILES string of the molecule is CCN(CC)C(=O)CNC(CCO)C(C)(C)C. The van der Waals surface area contributed by atoms with Crippen molar-refractivity contribution in [2.24, 2.45) is 5.41 Å². The van der Waals surface area contributed by atoms with Gasteiger partial charge in [0.05, 0.1) is 6.54 Å². The van der Waals surface area contributed by atoms with E-state index in [0.717, 1.165) is 13.1 Å². The van der Waals surface area contributed by atoms with Crippen LogP contribution in [-0.4, -0.2) is 48.2 Å². The molecule has 0 saturated heterocycles. The van der Waals surface area contributed by atoms with Gasteiger partial charge in [-0.05, 0) is 25.7 Å². The number of hydrogen-bond acceptors (Lipinski definition) is 3. The first kappa shape index (κ1) is 16.4. The Balaban J connectivity index is 4.26. The van der Waals surface area contributed by atoms with Crippen LogP contribution in [0.5, 0.6) is 0 Å². The number of hydrogen-bond donors (Lipinski definition) is 2. The minimum atomic E-state index is 0.0479. The Morgan fingerprint density at radius 2 is 1.82 bits per heavy atom. The van der Waals surface area contributed by atoms with E-state index in [-0.39, 0.29) is 24.0 Å². The third kappa shape index (κ3) is 6.03. The number of carbonyl (C=O) groups excluding carboxylic acids is 1. The third-order valence-electron chi connectivity index (χ3n) is 3.08. The Bertz CT molecular complexity index is 220. The van der Waals surface area contributed by atoms with Crippen LogP contribution < -0.4 is 5.32 Å². The van der Waals surface area contributed by atoms with E-state index in [0.29, 0.717) is 13.0 Å². The molecule has 0 aliphatic heterocycles. The molecule has 0 aliphatic carbocycles. The number of amides is 1. The zero-order valence-electron chi connectivity index (χ0n) is 11.9. The molecule has 17 heavy (non-hydrogen) atoms. The van der Waals surface area contributed by atoms with Crippen LogP contribution in [0.2, 0.25) is 0 Å². The lowest BCUT2D eigenvalue weighted by atomic mass is 9.85. The summed E-state index contributed by atoms with van der Waals surface area (Å²) in [6.07, 6.45) is 0.676. The van der Waals surface area contributed by atoms with Crippen LogP contribution in [-0.2, 0) is 4.79 Å². The normalized spacial score (nSPS) is 13.5. The number of aliphatic hydroxyl groups is 1. The minimum Gasteiger partial charge on any atom is -0.396 e. The maximum Gasteiger partial charge on any atom is 0.236 e. The van der Waals surface area contributed by atoms with Crippen molar-refractivity contribution in [3.05, 3.63) is 0 Å². The second-order valence-corrected chi connectivity index (χ2v) is 5.38. The van der Waals surface area contributed by atoms with Gasteiger partial charge in [0.25, 0.3) is 0 Å². The Morgan fingerprint density at radius 1 is 1.29 bits per heavy atom. The largest absolute Gasteiger partial charge is 0.396 e. The lowest BCUT2D eigenvalue weighted by molar-refractivity contribution is -0.130. The van der Waals surface area contributed by atoms with Gasteiger partial charge in [-0.15, -0.1) is 0 Å². The summed E-state index contributed by atoms with van der Waals surface area (Å²) in [4.78, 5) is 13.7. The van der Waals surface area contributed by atoms with E-state index in [2.05, 4.69) is 26.1 Å². The molecule has 0 saturated carbocycles. The van der Waals surface area contributed by atoms with E-state index in [1.54, 1.807) is 0 Å². The van der Waals surface area contributed by atoms with Gasteiger partial charge >= 0.3 is 0 Å². The highest BCUT2D eigenvalue weighted by Gasteiger charge is 2.24. The van der Waals surface area contributed by atoms with E-state index in [9.17, 15) is 4.79 Å². The van der Waals surface area contributed by atoms with Gasteiger partial charge in [-0.3, -0.25) is 4.79 Å². The maximum atomic E-state index is 11.8. The Labute approximate surface area is 105 Å². The van der Waals surface area contributed by atoms with Crippen LogP contribution in [0.15, 0.2) is 0 Å². The van der Waals surface area contributed by atoms with Crippen molar-refractivity contribution in [2.75, 3.05) is 26.2 Å². The maximum absolute atomic E-state index is 11.8. The average molecular weight is 244 g/mol. The quantitative estimate of drug-likeness (QED) is 0.708. The van der Waals surface area contributed by atoms with Crippen LogP contribution in [0.4, 0.5) is 0 Å². The van der Waals surface area contributed by atoms with Crippen molar-refractivity contribution in [3.8, 4) is 0 Å². The predicted octanol–water partition coefficient (Wildman–Crippen LogP) is 1.24. The van der Waals surface area contributed by atoms with Crippen molar-refractivity contribution in [3.63, 3.8) is 0 Å². The fourth-order valence-electron chi connectivity index (χ4n) is 1.87. The summed E-state index contributed by atoms with van der Waals surface area (Å²) in [6, 6.07) is 0.159. The number of carbonyl (C=O) groups is 1. The van der Waals surface area contributed by atoms with Crippen molar-refractivity contribution in [1.29, 1.82) is 0 Å². The monoisotopic (exact) mass is 244 g/mol. The Hall–Kier alpha value is -0.610.